The standard InChI is InChI=1S/C15H17ClO3/c1-18-12-8-11(15(17)13(16)9-12)7-10-5-3-4-6-14(10)19-2/h3-7,12-13H,8-9H2,1-2H3. The lowest BCUT2D eigenvalue weighted by molar-refractivity contribution is -0.117. The van der Waals surface area contributed by atoms with Crippen LogP contribution in [0.15, 0.2) is 29.8 Å². The number of methoxy groups -OCH3 is 2. The molecule has 1 saturated carbocycles. The summed E-state index contributed by atoms with van der Waals surface area (Å²) < 4.78 is 10.6. The molecule has 1 aromatic carbocycles. The molecule has 19 heavy (non-hydrogen) atoms. The van der Waals surface area contributed by atoms with Crippen molar-refractivity contribution in [1.29, 1.82) is 0 Å². The number of ketones is 1. The predicted molar refractivity (Wildman–Crippen MR) is 75.7 cm³/mol. The summed E-state index contributed by atoms with van der Waals surface area (Å²) in [7, 11) is 3.26. The van der Waals surface area contributed by atoms with E-state index in [9.17, 15) is 4.79 Å². The number of para-hydroxylation sites is 1. The van der Waals surface area contributed by atoms with Gasteiger partial charge in [-0.3, -0.25) is 4.79 Å². The van der Waals surface area contributed by atoms with Gasteiger partial charge in [0.2, 0.25) is 0 Å². The monoisotopic (exact) mass is 280 g/mol. The van der Waals surface area contributed by atoms with Gasteiger partial charge in [0, 0.05) is 19.1 Å². The molecule has 0 aliphatic heterocycles. The van der Waals surface area contributed by atoms with E-state index >= 15 is 0 Å². The maximum atomic E-state index is 12.1. The number of halogens is 1. The Labute approximate surface area is 118 Å². The Morgan fingerprint density at radius 1 is 1.32 bits per heavy atom. The number of carbonyl (C=O) groups is 1. The summed E-state index contributed by atoms with van der Waals surface area (Å²) in [6.07, 6.45) is 3.01. The summed E-state index contributed by atoms with van der Waals surface area (Å²) in [5.41, 5.74) is 1.58. The molecule has 3 nitrogen and oxygen atoms in total. The van der Waals surface area contributed by atoms with Gasteiger partial charge >= 0.3 is 0 Å². The van der Waals surface area contributed by atoms with Crippen LogP contribution in [0.5, 0.6) is 5.75 Å². The van der Waals surface area contributed by atoms with Crippen LogP contribution >= 0.6 is 11.6 Å². The molecule has 0 heterocycles. The number of alkyl halides is 1. The van der Waals surface area contributed by atoms with Crippen molar-refractivity contribution in [1.82, 2.24) is 0 Å². The molecule has 0 bridgehead atoms. The first-order valence-electron chi connectivity index (χ1n) is 6.20. The first-order chi connectivity index (χ1) is 9.15. The summed E-state index contributed by atoms with van der Waals surface area (Å²) in [5, 5.41) is -0.500. The number of benzene rings is 1. The lowest BCUT2D eigenvalue weighted by Crippen LogP contribution is -2.31. The van der Waals surface area contributed by atoms with Gasteiger partial charge in [0.25, 0.3) is 0 Å². The van der Waals surface area contributed by atoms with Gasteiger partial charge in [0.05, 0.1) is 18.6 Å². The minimum absolute atomic E-state index is 0.00107. The third kappa shape index (κ3) is 3.17. The molecule has 1 aromatic rings. The number of rotatable bonds is 3. The van der Waals surface area contributed by atoms with E-state index in [2.05, 4.69) is 0 Å². The fourth-order valence-electron chi connectivity index (χ4n) is 2.25. The second-order valence-corrected chi connectivity index (χ2v) is 5.07. The van der Waals surface area contributed by atoms with Gasteiger partial charge in [-0.2, -0.15) is 0 Å². The van der Waals surface area contributed by atoms with Crippen molar-refractivity contribution in [3.05, 3.63) is 35.4 Å². The third-order valence-electron chi connectivity index (χ3n) is 3.32. The molecule has 0 saturated heterocycles. The molecule has 0 N–H and O–H groups in total. The van der Waals surface area contributed by atoms with E-state index in [1.165, 1.54) is 0 Å². The SMILES string of the molecule is COc1ccccc1C=C1CC(OC)CC(Cl)C1=O. The summed E-state index contributed by atoms with van der Waals surface area (Å²) >= 11 is 6.07. The number of hydrogen-bond donors (Lipinski definition) is 0. The van der Waals surface area contributed by atoms with Crippen LogP contribution in [-0.2, 0) is 9.53 Å². The van der Waals surface area contributed by atoms with E-state index in [0.717, 1.165) is 11.3 Å². The molecule has 0 aromatic heterocycles. The van der Waals surface area contributed by atoms with E-state index < -0.39 is 5.38 Å². The second-order valence-electron chi connectivity index (χ2n) is 4.54. The Morgan fingerprint density at radius 3 is 2.74 bits per heavy atom. The molecule has 1 aliphatic carbocycles. The van der Waals surface area contributed by atoms with Gasteiger partial charge in [0.15, 0.2) is 5.78 Å². The Balaban J connectivity index is 2.32. The second kappa shape index (κ2) is 6.22. The minimum atomic E-state index is -0.500. The fourth-order valence-corrected chi connectivity index (χ4v) is 2.59. The number of Topliss-reactive ketones (excluding diaryl/α,β-unsaturated/α-hetero) is 1. The number of ether oxygens (including phenoxy) is 2. The summed E-state index contributed by atoms with van der Waals surface area (Å²) in [5.74, 6) is 0.731. The average Bonchev–Trinajstić information content (AvgIpc) is 2.44. The van der Waals surface area contributed by atoms with Crippen molar-refractivity contribution in [3.63, 3.8) is 0 Å². The van der Waals surface area contributed by atoms with E-state index in [4.69, 9.17) is 21.1 Å². The smallest absolute Gasteiger partial charge is 0.176 e. The van der Waals surface area contributed by atoms with Gasteiger partial charge < -0.3 is 9.47 Å². The van der Waals surface area contributed by atoms with Crippen molar-refractivity contribution in [2.75, 3.05) is 14.2 Å². The molecule has 2 atom stereocenters. The van der Waals surface area contributed by atoms with Crippen LogP contribution < -0.4 is 4.74 Å². The molecular weight excluding hydrogens is 264 g/mol. The normalized spacial score (nSPS) is 25.6. The highest BCUT2D eigenvalue weighted by Crippen LogP contribution is 2.30. The van der Waals surface area contributed by atoms with Crippen molar-refractivity contribution >= 4 is 23.5 Å². The van der Waals surface area contributed by atoms with Crippen molar-refractivity contribution in [3.8, 4) is 5.75 Å². The average molecular weight is 281 g/mol. The van der Waals surface area contributed by atoms with Crippen LogP contribution in [0.2, 0.25) is 0 Å². The van der Waals surface area contributed by atoms with Gasteiger partial charge in [0.1, 0.15) is 5.75 Å². The Kier molecular flexibility index (Phi) is 4.61. The molecule has 2 rings (SSSR count). The number of hydrogen-bond acceptors (Lipinski definition) is 3. The molecule has 2 unspecified atom stereocenters. The highest BCUT2D eigenvalue weighted by molar-refractivity contribution is 6.34. The van der Waals surface area contributed by atoms with E-state index in [-0.39, 0.29) is 11.9 Å². The number of carbonyl (C=O) groups excluding carboxylic acids is 1. The van der Waals surface area contributed by atoms with Crippen molar-refractivity contribution < 1.29 is 14.3 Å². The van der Waals surface area contributed by atoms with Gasteiger partial charge in [-0.05, 0) is 24.1 Å². The topological polar surface area (TPSA) is 35.5 Å². The molecule has 0 amide bonds. The van der Waals surface area contributed by atoms with E-state index in [0.29, 0.717) is 18.4 Å². The molecule has 102 valence electrons. The van der Waals surface area contributed by atoms with Crippen LogP contribution in [-0.4, -0.2) is 31.5 Å². The maximum absolute atomic E-state index is 12.1. The summed E-state index contributed by atoms with van der Waals surface area (Å²) in [4.78, 5) is 12.1. The largest absolute Gasteiger partial charge is 0.496 e. The van der Waals surface area contributed by atoms with Crippen LogP contribution in [0.3, 0.4) is 0 Å². The highest BCUT2D eigenvalue weighted by Gasteiger charge is 2.31. The zero-order valence-corrected chi connectivity index (χ0v) is 11.8. The van der Waals surface area contributed by atoms with Gasteiger partial charge in [-0.25, -0.2) is 0 Å². The van der Waals surface area contributed by atoms with Crippen LogP contribution in [0.4, 0.5) is 0 Å². The summed E-state index contributed by atoms with van der Waals surface area (Å²) in [6, 6.07) is 7.59. The minimum Gasteiger partial charge on any atom is -0.496 e. The molecular formula is C15H17ClO3. The molecule has 1 aliphatic rings. The maximum Gasteiger partial charge on any atom is 0.176 e. The molecule has 1 fully saturated rings. The van der Waals surface area contributed by atoms with Crippen LogP contribution in [0.25, 0.3) is 6.08 Å². The van der Waals surface area contributed by atoms with Gasteiger partial charge in [-0.1, -0.05) is 18.2 Å². The predicted octanol–water partition coefficient (Wildman–Crippen LogP) is 3.06. The van der Waals surface area contributed by atoms with Crippen molar-refractivity contribution in [2.24, 2.45) is 0 Å². The molecule has 0 radical (unpaired) electrons. The first-order valence-corrected chi connectivity index (χ1v) is 6.64. The summed E-state index contributed by atoms with van der Waals surface area (Å²) in [6.45, 7) is 0. The Morgan fingerprint density at radius 2 is 2.05 bits per heavy atom. The van der Waals surface area contributed by atoms with Gasteiger partial charge in [-0.15, -0.1) is 11.6 Å². The van der Waals surface area contributed by atoms with E-state index in [1.54, 1.807) is 14.2 Å². The Hall–Kier alpha value is -1.32. The lowest BCUT2D eigenvalue weighted by Gasteiger charge is -2.25. The third-order valence-corrected chi connectivity index (χ3v) is 3.70. The quantitative estimate of drug-likeness (QED) is 0.630. The van der Waals surface area contributed by atoms with E-state index in [1.807, 2.05) is 30.3 Å². The van der Waals surface area contributed by atoms with Crippen molar-refractivity contribution in [2.45, 2.75) is 24.3 Å². The highest BCUT2D eigenvalue weighted by atomic mass is 35.5. The first kappa shape index (κ1) is 14.1. The zero-order valence-electron chi connectivity index (χ0n) is 11.1. The van der Waals surface area contributed by atoms with Crippen LogP contribution in [0.1, 0.15) is 18.4 Å². The Bertz CT molecular complexity index is 496. The molecule has 0 spiro atoms. The van der Waals surface area contributed by atoms with Crippen LogP contribution in [0, 0.1) is 0 Å². The molecule has 4 heteroatoms. The lowest BCUT2D eigenvalue weighted by atomic mass is 9.89. The fraction of sp³-hybridized carbons (Fsp3) is 0.400. The zero-order chi connectivity index (χ0) is 13.8.